The Balaban J connectivity index is 2.25. The van der Waals surface area contributed by atoms with Gasteiger partial charge in [-0.25, -0.2) is 0 Å². The summed E-state index contributed by atoms with van der Waals surface area (Å²) in [6, 6.07) is 5.28. The van der Waals surface area contributed by atoms with Gasteiger partial charge in [-0.05, 0) is 19.1 Å². The van der Waals surface area contributed by atoms with Crippen LogP contribution in [0.2, 0.25) is 0 Å². The zero-order valence-corrected chi connectivity index (χ0v) is 12.5. The SMILES string of the molecule is CC(=O)O[Si](OC(C)=O)c1ccc2c(c1)COC(C)O2. The lowest BCUT2D eigenvalue weighted by Gasteiger charge is -2.24. The van der Waals surface area contributed by atoms with Crippen molar-refractivity contribution in [2.24, 2.45) is 0 Å². The van der Waals surface area contributed by atoms with E-state index in [0.717, 1.165) is 11.3 Å². The molecule has 1 aromatic carbocycles. The van der Waals surface area contributed by atoms with Crippen molar-refractivity contribution in [3.8, 4) is 5.75 Å². The highest BCUT2D eigenvalue weighted by Gasteiger charge is 2.28. The Kier molecular flexibility index (Phi) is 4.41. The number of carbonyl (C=O) groups excluding carboxylic acids is 2. The van der Waals surface area contributed by atoms with Crippen molar-refractivity contribution in [3.63, 3.8) is 0 Å². The Bertz CT molecular complexity index is 514. The van der Waals surface area contributed by atoms with E-state index in [4.69, 9.17) is 18.3 Å². The van der Waals surface area contributed by atoms with Crippen molar-refractivity contribution in [2.45, 2.75) is 33.7 Å². The van der Waals surface area contributed by atoms with Gasteiger partial charge in [0, 0.05) is 24.6 Å². The van der Waals surface area contributed by atoms with Gasteiger partial charge < -0.3 is 18.3 Å². The van der Waals surface area contributed by atoms with Crippen LogP contribution >= 0.6 is 0 Å². The molecule has 0 fully saturated rings. The van der Waals surface area contributed by atoms with Crippen LogP contribution in [0.3, 0.4) is 0 Å². The van der Waals surface area contributed by atoms with Gasteiger partial charge in [0.15, 0.2) is 6.29 Å². The fraction of sp³-hybridized carbons (Fsp3) is 0.385. The highest BCUT2D eigenvalue weighted by atomic mass is 28.3. The molecule has 1 atom stereocenters. The van der Waals surface area contributed by atoms with E-state index in [-0.39, 0.29) is 6.29 Å². The van der Waals surface area contributed by atoms with E-state index in [0.29, 0.717) is 11.8 Å². The summed E-state index contributed by atoms with van der Waals surface area (Å²) in [5.74, 6) is -0.252. The minimum absolute atomic E-state index is 0.292. The fourth-order valence-electron chi connectivity index (χ4n) is 1.75. The Hall–Kier alpha value is -1.86. The van der Waals surface area contributed by atoms with Crippen LogP contribution in [0.1, 0.15) is 26.3 Å². The first-order chi connectivity index (χ1) is 9.45. The molecule has 1 heterocycles. The quantitative estimate of drug-likeness (QED) is 0.767. The lowest BCUT2D eigenvalue weighted by molar-refractivity contribution is -0.137. The standard InChI is InChI=1S/C13H15O6Si/c1-8(14)18-20(19-9(2)15)12-4-5-13-11(6-12)7-16-10(3)17-13/h4-6,10H,7H2,1-3H3. The molecule has 2 rings (SSSR count). The van der Waals surface area contributed by atoms with Crippen LogP contribution in [-0.2, 0) is 29.8 Å². The van der Waals surface area contributed by atoms with Crippen molar-refractivity contribution < 1.29 is 27.9 Å². The van der Waals surface area contributed by atoms with Crippen LogP contribution in [0.5, 0.6) is 5.75 Å². The topological polar surface area (TPSA) is 71.1 Å². The zero-order chi connectivity index (χ0) is 14.7. The number of fused-ring (bicyclic) bond motifs is 1. The molecule has 0 saturated heterocycles. The number of hydrogen-bond donors (Lipinski definition) is 0. The van der Waals surface area contributed by atoms with Gasteiger partial charge in [0.25, 0.3) is 11.9 Å². The summed E-state index contributed by atoms with van der Waals surface area (Å²) in [4.78, 5) is 22.2. The molecule has 107 valence electrons. The highest BCUT2D eigenvalue weighted by molar-refractivity contribution is 6.64. The van der Waals surface area contributed by atoms with Gasteiger partial charge in [-0.3, -0.25) is 9.59 Å². The van der Waals surface area contributed by atoms with Gasteiger partial charge >= 0.3 is 9.28 Å². The Morgan fingerprint density at radius 3 is 2.50 bits per heavy atom. The molecule has 0 bridgehead atoms. The largest absolute Gasteiger partial charge is 0.576 e. The minimum atomic E-state index is -2.18. The molecule has 20 heavy (non-hydrogen) atoms. The van der Waals surface area contributed by atoms with E-state index in [1.54, 1.807) is 18.2 Å². The number of carbonyl (C=O) groups is 2. The smallest absolute Gasteiger partial charge is 0.480 e. The van der Waals surface area contributed by atoms with Crippen molar-refractivity contribution in [3.05, 3.63) is 23.8 Å². The van der Waals surface area contributed by atoms with Gasteiger partial charge in [0.1, 0.15) is 5.75 Å². The van der Waals surface area contributed by atoms with E-state index in [1.807, 2.05) is 6.92 Å². The van der Waals surface area contributed by atoms with Crippen molar-refractivity contribution in [1.29, 1.82) is 0 Å². The number of ether oxygens (including phenoxy) is 2. The van der Waals surface area contributed by atoms with Gasteiger partial charge in [-0.1, -0.05) is 6.07 Å². The van der Waals surface area contributed by atoms with E-state index in [9.17, 15) is 9.59 Å². The molecule has 6 nitrogen and oxygen atoms in total. The zero-order valence-electron chi connectivity index (χ0n) is 11.5. The molecule has 0 amide bonds. The average molecular weight is 295 g/mol. The molecular weight excluding hydrogens is 280 g/mol. The first kappa shape index (κ1) is 14.5. The van der Waals surface area contributed by atoms with Crippen molar-refractivity contribution in [2.75, 3.05) is 0 Å². The monoisotopic (exact) mass is 295 g/mol. The molecule has 0 spiro atoms. The lowest BCUT2D eigenvalue weighted by atomic mass is 10.2. The maximum atomic E-state index is 11.1. The molecule has 7 heteroatoms. The Labute approximate surface area is 118 Å². The number of hydrogen-bond acceptors (Lipinski definition) is 6. The van der Waals surface area contributed by atoms with Gasteiger partial charge in [0.2, 0.25) is 0 Å². The second-order valence-electron chi connectivity index (χ2n) is 4.29. The van der Waals surface area contributed by atoms with E-state index in [2.05, 4.69) is 0 Å². The van der Waals surface area contributed by atoms with Gasteiger partial charge in [-0.15, -0.1) is 0 Å². The van der Waals surface area contributed by atoms with Gasteiger partial charge in [-0.2, -0.15) is 0 Å². The molecule has 1 radical (unpaired) electrons. The lowest BCUT2D eigenvalue weighted by Crippen LogP contribution is -2.40. The van der Waals surface area contributed by atoms with Crippen LogP contribution < -0.4 is 9.92 Å². The molecule has 0 saturated carbocycles. The van der Waals surface area contributed by atoms with Gasteiger partial charge in [0.05, 0.1) is 6.61 Å². The fourth-order valence-corrected chi connectivity index (χ4v) is 3.06. The molecule has 1 aliphatic rings. The van der Waals surface area contributed by atoms with Crippen LogP contribution in [0, 0.1) is 0 Å². The third-order valence-electron chi connectivity index (χ3n) is 2.54. The summed E-state index contributed by atoms with van der Waals surface area (Å²) in [6.45, 7) is 4.77. The molecular formula is C13H15O6Si. The number of rotatable bonds is 3. The molecule has 1 aromatic rings. The first-order valence-electron chi connectivity index (χ1n) is 6.11. The second kappa shape index (κ2) is 6.06. The maximum absolute atomic E-state index is 11.1. The predicted octanol–water partition coefficient (Wildman–Crippen LogP) is 0.763. The summed E-state index contributed by atoms with van der Waals surface area (Å²) in [6.07, 6.45) is -0.292. The first-order valence-corrected chi connectivity index (χ1v) is 7.42. The highest BCUT2D eigenvalue weighted by Crippen LogP contribution is 2.24. The molecule has 1 aliphatic heterocycles. The summed E-state index contributed by atoms with van der Waals surface area (Å²) in [7, 11) is -2.18. The molecule has 0 N–H and O–H groups in total. The summed E-state index contributed by atoms with van der Waals surface area (Å²) < 4.78 is 21.1. The van der Waals surface area contributed by atoms with Crippen molar-refractivity contribution in [1.82, 2.24) is 0 Å². The van der Waals surface area contributed by atoms with E-state index < -0.39 is 21.2 Å². The van der Waals surface area contributed by atoms with Crippen LogP contribution in [0.4, 0.5) is 0 Å². The Morgan fingerprint density at radius 1 is 1.25 bits per heavy atom. The summed E-state index contributed by atoms with van der Waals surface area (Å²) >= 11 is 0. The van der Waals surface area contributed by atoms with Crippen molar-refractivity contribution >= 4 is 26.4 Å². The number of benzene rings is 1. The molecule has 0 aromatic heterocycles. The molecule has 1 unspecified atom stereocenters. The predicted molar refractivity (Wildman–Crippen MR) is 70.2 cm³/mol. The van der Waals surface area contributed by atoms with Crippen LogP contribution in [0.25, 0.3) is 0 Å². The van der Waals surface area contributed by atoms with Crippen LogP contribution in [0.15, 0.2) is 18.2 Å². The summed E-state index contributed by atoms with van der Waals surface area (Å²) in [5.41, 5.74) is 0.836. The Morgan fingerprint density at radius 2 is 1.90 bits per heavy atom. The molecule has 0 aliphatic carbocycles. The second-order valence-corrected chi connectivity index (χ2v) is 5.85. The normalized spacial score (nSPS) is 17.1. The average Bonchev–Trinajstić information content (AvgIpc) is 2.36. The van der Waals surface area contributed by atoms with E-state index >= 15 is 0 Å². The third-order valence-corrected chi connectivity index (χ3v) is 4.26. The third kappa shape index (κ3) is 3.58. The maximum Gasteiger partial charge on any atom is 0.576 e. The van der Waals surface area contributed by atoms with E-state index in [1.165, 1.54) is 13.8 Å². The summed E-state index contributed by atoms with van der Waals surface area (Å²) in [5, 5.41) is 0.654. The van der Waals surface area contributed by atoms with Crippen LogP contribution in [-0.4, -0.2) is 27.5 Å². The minimum Gasteiger partial charge on any atom is -0.480 e.